The third-order valence-corrected chi connectivity index (χ3v) is 12.8. The number of hydrogen-bond donors (Lipinski definition) is 0. The molecule has 0 N–H and O–H groups in total. The number of rotatable bonds is 9. The lowest BCUT2D eigenvalue weighted by atomic mass is 9.83. The Morgan fingerprint density at radius 2 is 0.617 bits per heavy atom. The summed E-state index contributed by atoms with van der Waals surface area (Å²) in [7, 11) is 0. The van der Waals surface area contributed by atoms with Crippen LogP contribution in [0.2, 0.25) is 0 Å². The SMILES string of the molecule is C1=CC(c2ccc(-c3ccc(-c4ccc(-c5cc(-c6ccc(-c7ccc(-c8ccccc8)cc7)cc6)cc(-c6ccc(C7CCCCC7)cc6)c5)cc4)cc3)cc2)=CCC1. The lowest BCUT2D eigenvalue weighted by Crippen LogP contribution is -2.04. The average molecular weight is 771 g/mol. The standard InChI is InChI=1S/C60H50/c1-4-10-43(11-5-1)46-16-20-49(21-17-46)51-24-26-52(27-25-51)54-32-38-57(39-33-54)60-41-58(55-34-28-48(29-35-55)45-14-8-3-9-15-45)40-59(42-60)56-36-30-53(31-37-56)50-22-18-47(19-23-50)44-12-6-2-7-13-44/h2,4,6-7,10-13,16-42,45H,1,3,5,8-9,14-15H2. The van der Waals surface area contributed by atoms with Crippen molar-refractivity contribution in [1.29, 1.82) is 0 Å². The highest BCUT2D eigenvalue weighted by atomic mass is 14.2. The van der Waals surface area contributed by atoms with Gasteiger partial charge in [-0.15, -0.1) is 0 Å². The third-order valence-electron chi connectivity index (χ3n) is 12.8. The van der Waals surface area contributed by atoms with Gasteiger partial charge in [-0.05, 0) is 144 Å². The van der Waals surface area contributed by atoms with Gasteiger partial charge in [-0.2, -0.15) is 0 Å². The first kappa shape index (κ1) is 37.5. The normalized spacial score (nSPS) is 14.2. The summed E-state index contributed by atoms with van der Waals surface area (Å²) in [6.45, 7) is 0. The highest BCUT2D eigenvalue weighted by Crippen LogP contribution is 2.38. The third kappa shape index (κ3) is 8.25. The van der Waals surface area contributed by atoms with Crippen LogP contribution in [-0.4, -0.2) is 0 Å². The van der Waals surface area contributed by atoms with E-state index in [-0.39, 0.29) is 0 Å². The smallest absolute Gasteiger partial charge is 0.0162 e. The lowest BCUT2D eigenvalue weighted by Gasteiger charge is -2.22. The molecule has 0 amide bonds. The first-order chi connectivity index (χ1) is 29.7. The van der Waals surface area contributed by atoms with Crippen LogP contribution in [0.1, 0.15) is 62.0 Å². The van der Waals surface area contributed by atoms with Gasteiger partial charge in [0.2, 0.25) is 0 Å². The molecule has 0 bridgehead atoms. The van der Waals surface area contributed by atoms with E-state index in [1.54, 1.807) is 0 Å². The summed E-state index contributed by atoms with van der Waals surface area (Å²) in [5.41, 5.74) is 21.4. The molecule has 1 saturated carbocycles. The molecule has 0 radical (unpaired) electrons. The zero-order chi connectivity index (χ0) is 40.1. The molecule has 1 fully saturated rings. The molecule has 0 aromatic heterocycles. The molecule has 0 saturated heterocycles. The van der Waals surface area contributed by atoms with Gasteiger partial charge >= 0.3 is 0 Å². The molecule has 0 aliphatic heterocycles. The van der Waals surface area contributed by atoms with Crippen LogP contribution < -0.4 is 0 Å². The van der Waals surface area contributed by atoms with Crippen molar-refractivity contribution >= 4 is 5.57 Å². The second kappa shape index (κ2) is 17.2. The monoisotopic (exact) mass is 770 g/mol. The number of benzene rings is 8. The van der Waals surface area contributed by atoms with Crippen LogP contribution in [0, 0.1) is 0 Å². The Balaban J connectivity index is 0.923. The number of allylic oxidation sites excluding steroid dienone is 4. The quantitative estimate of drug-likeness (QED) is 0.137. The molecular weight excluding hydrogens is 721 g/mol. The van der Waals surface area contributed by atoms with Gasteiger partial charge in [0.1, 0.15) is 0 Å². The van der Waals surface area contributed by atoms with Gasteiger partial charge in [-0.25, -0.2) is 0 Å². The van der Waals surface area contributed by atoms with E-state index in [1.165, 1.54) is 127 Å². The van der Waals surface area contributed by atoms with Crippen molar-refractivity contribution in [2.45, 2.75) is 50.9 Å². The molecule has 0 atom stereocenters. The minimum Gasteiger partial charge on any atom is -0.0836 e. The van der Waals surface area contributed by atoms with Crippen LogP contribution >= 0.6 is 0 Å². The van der Waals surface area contributed by atoms with Gasteiger partial charge in [0.05, 0.1) is 0 Å². The van der Waals surface area contributed by atoms with Crippen LogP contribution in [0.3, 0.4) is 0 Å². The maximum absolute atomic E-state index is 2.39. The largest absolute Gasteiger partial charge is 0.0836 e. The van der Waals surface area contributed by atoms with Gasteiger partial charge in [0, 0.05) is 0 Å². The van der Waals surface area contributed by atoms with Crippen LogP contribution in [0.4, 0.5) is 0 Å². The van der Waals surface area contributed by atoms with E-state index in [0.29, 0.717) is 5.92 Å². The van der Waals surface area contributed by atoms with E-state index < -0.39 is 0 Å². The maximum Gasteiger partial charge on any atom is -0.0162 e. The van der Waals surface area contributed by atoms with Crippen LogP contribution in [0.15, 0.2) is 212 Å². The summed E-state index contributed by atoms with van der Waals surface area (Å²) in [6, 6.07) is 72.3. The van der Waals surface area contributed by atoms with Crippen molar-refractivity contribution in [2.75, 3.05) is 0 Å². The van der Waals surface area contributed by atoms with Crippen molar-refractivity contribution in [3.05, 3.63) is 223 Å². The summed E-state index contributed by atoms with van der Waals surface area (Å²) in [5, 5.41) is 0. The highest BCUT2D eigenvalue weighted by Gasteiger charge is 2.16. The van der Waals surface area contributed by atoms with Crippen molar-refractivity contribution in [2.24, 2.45) is 0 Å². The molecule has 290 valence electrons. The zero-order valence-electron chi connectivity index (χ0n) is 34.2. The predicted octanol–water partition coefficient (Wildman–Crippen LogP) is 17.1. The fraction of sp³-hybridized carbons (Fsp3) is 0.133. The summed E-state index contributed by atoms with van der Waals surface area (Å²) < 4.78 is 0. The van der Waals surface area contributed by atoms with Gasteiger partial charge in [-0.3, -0.25) is 0 Å². The lowest BCUT2D eigenvalue weighted by molar-refractivity contribution is 0.443. The molecule has 8 aromatic rings. The Morgan fingerprint density at radius 1 is 0.283 bits per heavy atom. The van der Waals surface area contributed by atoms with E-state index in [4.69, 9.17) is 0 Å². The van der Waals surface area contributed by atoms with Gasteiger partial charge in [0.15, 0.2) is 0 Å². The molecule has 0 heteroatoms. The topological polar surface area (TPSA) is 0 Å². The Labute approximate surface area is 356 Å². The fourth-order valence-electron chi connectivity index (χ4n) is 9.24. The highest BCUT2D eigenvalue weighted by molar-refractivity contribution is 5.83. The molecule has 8 aromatic carbocycles. The molecule has 0 heterocycles. The molecule has 0 unspecified atom stereocenters. The summed E-state index contributed by atoms with van der Waals surface area (Å²) in [6.07, 6.45) is 15.8. The van der Waals surface area contributed by atoms with E-state index in [1.807, 2.05) is 0 Å². The van der Waals surface area contributed by atoms with Crippen LogP contribution in [0.5, 0.6) is 0 Å². The van der Waals surface area contributed by atoms with E-state index in [9.17, 15) is 0 Å². The van der Waals surface area contributed by atoms with Crippen molar-refractivity contribution in [3.8, 4) is 77.9 Å². The van der Waals surface area contributed by atoms with Crippen molar-refractivity contribution < 1.29 is 0 Å². The van der Waals surface area contributed by atoms with E-state index in [0.717, 1.165) is 12.8 Å². The number of hydrogen-bond acceptors (Lipinski definition) is 0. The minimum absolute atomic E-state index is 0.700. The Kier molecular flexibility index (Phi) is 10.8. The van der Waals surface area contributed by atoms with Gasteiger partial charge in [-0.1, -0.05) is 213 Å². The van der Waals surface area contributed by atoms with Gasteiger partial charge < -0.3 is 0 Å². The Bertz CT molecular complexity index is 2740. The summed E-state index contributed by atoms with van der Waals surface area (Å²) in [5.74, 6) is 0.700. The molecule has 2 aliphatic carbocycles. The first-order valence-corrected chi connectivity index (χ1v) is 21.9. The zero-order valence-corrected chi connectivity index (χ0v) is 34.2. The molecule has 0 nitrogen and oxygen atoms in total. The first-order valence-electron chi connectivity index (χ1n) is 21.9. The van der Waals surface area contributed by atoms with Crippen LogP contribution in [0.25, 0.3) is 83.5 Å². The summed E-state index contributed by atoms with van der Waals surface area (Å²) in [4.78, 5) is 0. The average Bonchev–Trinajstić information content (AvgIpc) is 3.35. The second-order valence-corrected chi connectivity index (χ2v) is 16.6. The molecule has 60 heavy (non-hydrogen) atoms. The fourth-order valence-corrected chi connectivity index (χ4v) is 9.24. The molecule has 0 spiro atoms. The second-order valence-electron chi connectivity index (χ2n) is 16.6. The Morgan fingerprint density at radius 3 is 0.983 bits per heavy atom. The summed E-state index contributed by atoms with van der Waals surface area (Å²) >= 11 is 0. The van der Waals surface area contributed by atoms with Crippen molar-refractivity contribution in [3.63, 3.8) is 0 Å². The molecular formula is C60H50. The van der Waals surface area contributed by atoms with Gasteiger partial charge in [0.25, 0.3) is 0 Å². The van der Waals surface area contributed by atoms with Crippen LogP contribution in [-0.2, 0) is 0 Å². The van der Waals surface area contributed by atoms with E-state index in [2.05, 4.69) is 212 Å². The predicted molar refractivity (Wildman–Crippen MR) is 257 cm³/mol. The van der Waals surface area contributed by atoms with E-state index >= 15 is 0 Å². The molecule has 2 aliphatic rings. The maximum atomic E-state index is 2.39. The minimum atomic E-state index is 0.700. The van der Waals surface area contributed by atoms with Crippen molar-refractivity contribution in [1.82, 2.24) is 0 Å². The Hall–Kier alpha value is -6.76. The molecule has 10 rings (SSSR count).